The van der Waals surface area contributed by atoms with Gasteiger partial charge in [-0.3, -0.25) is 9.79 Å². The fourth-order valence-electron chi connectivity index (χ4n) is 3.20. The molecule has 0 bridgehead atoms. The lowest BCUT2D eigenvalue weighted by Gasteiger charge is -2.12. The predicted molar refractivity (Wildman–Crippen MR) is 101 cm³/mol. The molecule has 0 radical (unpaired) electrons. The zero-order valence-electron chi connectivity index (χ0n) is 15.8. The van der Waals surface area contributed by atoms with Gasteiger partial charge in [0.25, 0.3) is 0 Å². The second-order valence-corrected chi connectivity index (χ2v) is 7.00. The molecular formula is C18H31N7O. The van der Waals surface area contributed by atoms with Gasteiger partial charge in [-0.25, -0.2) is 0 Å². The van der Waals surface area contributed by atoms with Gasteiger partial charge in [-0.2, -0.15) is 0 Å². The molecule has 1 aliphatic heterocycles. The van der Waals surface area contributed by atoms with E-state index in [1.54, 1.807) is 0 Å². The van der Waals surface area contributed by atoms with E-state index in [0.29, 0.717) is 19.6 Å². The van der Waals surface area contributed by atoms with Crippen molar-refractivity contribution in [2.75, 3.05) is 26.2 Å². The second kappa shape index (κ2) is 9.54. The maximum atomic E-state index is 11.6. The lowest BCUT2D eigenvalue weighted by molar-refractivity contribution is -0.122. The molecule has 2 aliphatic rings. The van der Waals surface area contributed by atoms with E-state index < -0.39 is 0 Å². The highest BCUT2D eigenvalue weighted by Crippen LogP contribution is 2.28. The number of nitrogens with zero attached hydrogens (tertiary/aromatic N) is 4. The molecule has 1 aromatic rings. The fraction of sp³-hybridized carbons (Fsp3) is 0.778. The van der Waals surface area contributed by atoms with Crippen molar-refractivity contribution >= 4 is 11.9 Å². The summed E-state index contributed by atoms with van der Waals surface area (Å²) in [6, 6.07) is 0. The number of aliphatic imine (C=N–C) groups is 1. The number of guanidine groups is 1. The summed E-state index contributed by atoms with van der Waals surface area (Å²) in [4.78, 5) is 16.2. The van der Waals surface area contributed by atoms with Crippen LogP contribution in [0.2, 0.25) is 0 Å². The standard InChI is InChI=1S/C18H31N7O/c1-2-19-18(22-12-11-20-17(26)14-7-8-14)21-10-9-16-24-23-15-6-4-3-5-13-25(15)16/h14H,2-13H2,1H3,(H,20,26)(H2,19,21,22). The van der Waals surface area contributed by atoms with Crippen LogP contribution in [0.25, 0.3) is 0 Å². The van der Waals surface area contributed by atoms with E-state index >= 15 is 0 Å². The van der Waals surface area contributed by atoms with Gasteiger partial charge >= 0.3 is 0 Å². The highest BCUT2D eigenvalue weighted by atomic mass is 16.2. The molecule has 3 N–H and O–H groups in total. The smallest absolute Gasteiger partial charge is 0.223 e. The Morgan fingerprint density at radius 1 is 1.15 bits per heavy atom. The largest absolute Gasteiger partial charge is 0.357 e. The Labute approximate surface area is 155 Å². The molecular weight excluding hydrogens is 330 g/mol. The van der Waals surface area contributed by atoms with E-state index in [9.17, 15) is 4.79 Å². The second-order valence-electron chi connectivity index (χ2n) is 7.00. The average molecular weight is 361 g/mol. The van der Waals surface area contributed by atoms with Crippen LogP contribution in [-0.4, -0.2) is 52.8 Å². The number of carbonyl (C=O) groups excluding carboxylic acids is 1. The lowest BCUT2D eigenvalue weighted by atomic mass is 10.2. The van der Waals surface area contributed by atoms with Gasteiger partial charge in [0.1, 0.15) is 11.6 Å². The topological polar surface area (TPSA) is 96.2 Å². The first kappa shape index (κ1) is 18.7. The molecule has 2 heterocycles. The Balaban J connectivity index is 1.43. The van der Waals surface area contributed by atoms with Crippen molar-refractivity contribution < 1.29 is 4.79 Å². The van der Waals surface area contributed by atoms with Crippen LogP contribution in [0, 0.1) is 5.92 Å². The third kappa shape index (κ3) is 5.44. The van der Waals surface area contributed by atoms with E-state index in [-0.39, 0.29) is 11.8 Å². The van der Waals surface area contributed by atoms with E-state index in [0.717, 1.165) is 56.4 Å². The van der Waals surface area contributed by atoms with E-state index in [4.69, 9.17) is 0 Å². The molecule has 1 aromatic heterocycles. The van der Waals surface area contributed by atoms with Gasteiger partial charge in [-0.05, 0) is 32.6 Å². The number of fused-ring (bicyclic) bond motifs is 1. The zero-order valence-corrected chi connectivity index (χ0v) is 15.8. The minimum Gasteiger partial charge on any atom is -0.357 e. The van der Waals surface area contributed by atoms with Gasteiger partial charge in [0.2, 0.25) is 5.91 Å². The van der Waals surface area contributed by atoms with Crippen molar-refractivity contribution in [2.24, 2.45) is 10.9 Å². The summed E-state index contributed by atoms with van der Waals surface area (Å²) in [6.07, 6.45) is 7.59. The third-order valence-electron chi connectivity index (χ3n) is 4.80. The molecule has 0 saturated heterocycles. The maximum Gasteiger partial charge on any atom is 0.223 e. The number of amides is 1. The number of carbonyl (C=O) groups is 1. The molecule has 0 aromatic carbocycles. The summed E-state index contributed by atoms with van der Waals surface area (Å²) >= 11 is 0. The maximum absolute atomic E-state index is 11.6. The molecule has 8 heteroatoms. The average Bonchev–Trinajstić information content (AvgIpc) is 3.45. The Kier molecular flexibility index (Phi) is 6.85. The van der Waals surface area contributed by atoms with Gasteiger partial charge in [0.05, 0.1) is 0 Å². The molecule has 1 saturated carbocycles. The van der Waals surface area contributed by atoms with E-state index in [2.05, 4.69) is 35.7 Å². The summed E-state index contributed by atoms with van der Waals surface area (Å²) in [7, 11) is 0. The first-order valence-electron chi connectivity index (χ1n) is 9.98. The molecule has 0 unspecified atom stereocenters. The number of aromatic nitrogens is 3. The van der Waals surface area contributed by atoms with Crippen molar-refractivity contribution in [2.45, 2.75) is 58.4 Å². The molecule has 8 nitrogen and oxygen atoms in total. The van der Waals surface area contributed by atoms with Crippen molar-refractivity contribution in [3.8, 4) is 0 Å². The van der Waals surface area contributed by atoms with Crippen LogP contribution in [0.4, 0.5) is 0 Å². The van der Waals surface area contributed by atoms with Crippen LogP contribution in [0.1, 0.15) is 50.7 Å². The molecule has 144 valence electrons. The third-order valence-corrected chi connectivity index (χ3v) is 4.80. The molecule has 1 amide bonds. The minimum atomic E-state index is 0.182. The highest BCUT2D eigenvalue weighted by Gasteiger charge is 2.28. The number of rotatable bonds is 8. The summed E-state index contributed by atoms with van der Waals surface area (Å²) in [5, 5.41) is 18.2. The van der Waals surface area contributed by atoms with Gasteiger partial charge < -0.3 is 20.5 Å². The summed E-state index contributed by atoms with van der Waals surface area (Å²) in [6.45, 7) is 5.84. The first-order chi connectivity index (χ1) is 12.8. The fourth-order valence-corrected chi connectivity index (χ4v) is 3.20. The Hall–Kier alpha value is -2.12. The van der Waals surface area contributed by atoms with E-state index in [1.807, 2.05) is 6.92 Å². The van der Waals surface area contributed by atoms with Crippen LogP contribution >= 0.6 is 0 Å². The molecule has 1 aliphatic carbocycles. The van der Waals surface area contributed by atoms with E-state index in [1.165, 1.54) is 19.3 Å². The number of aryl methyl sites for hydroxylation is 1. The number of hydrogen-bond donors (Lipinski definition) is 3. The summed E-state index contributed by atoms with van der Waals surface area (Å²) < 4.78 is 2.27. The number of nitrogens with one attached hydrogen (secondary N) is 3. The zero-order chi connectivity index (χ0) is 18.2. The van der Waals surface area contributed by atoms with Crippen LogP contribution < -0.4 is 16.0 Å². The Morgan fingerprint density at radius 3 is 2.81 bits per heavy atom. The van der Waals surface area contributed by atoms with Crippen LogP contribution in [0.3, 0.4) is 0 Å². The van der Waals surface area contributed by atoms with Crippen LogP contribution in [0.5, 0.6) is 0 Å². The quantitative estimate of drug-likeness (QED) is 0.358. The Morgan fingerprint density at radius 2 is 2.00 bits per heavy atom. The lowest BCUT2D eigenvalue weighted by Crippen LogP contribution is -2.41. The van der Waals surface area contributed by atoms with Gasteiger partial charge in [0, 0.05) is 51.5 Å². The van der Waals surface area contributed by atoms with Gasteiger partial charge in [-0.15, -0.1) is 10.2 Å². The predicted octanol–water partition coefficient (Wildman–Crippen LogP) is 0.628. The van der Waals surface area contributed by atoms with Crippen molar-refractivity contribution in [3.63, 3.8) is 0 Å². The van der Waals surface area contributed by atoms with Crippen LogP contribution in [0.15, 0.2) is 4.99 Å². The summed E-state index contributed by atoms with van der Waals surface area (Å²) in [5.74, 6) is 3.39. The van der Waals surface area contributed by atoms with Crippen molar-refractivity contribution in [3.05, 3.63) is 11.6 Å². The molecule has 26 heavy (non-hydrogen) atoms. The van der Waals surface area contributed by atoms with Gasteiger partial charge in [-0.1, -0.05) is 6.42 Å². The highest BCUT2D eigenvalue weighted by molar-refractivity contribution is 5.81. The molecule has 3 rings (SSSR count). The molecule has 0 spiro atoms. The van der Waals surface area contributed by atoms with Gasteiger partial charge in [0.15, 0.2) is 5.96 Å². The minimum absolute atomic E-state index is 0.182. The SMILES string of the molecule is CCNC(=NCCc1nnc2n1CCCCC2)NCCNC(=O)C1CC1. The van der Waals surface area contributed by atoms with Crippen LogP contribution in [-0.2, 0) is 24.2 Å². The summed E-state index contributed by atoms with van der Waals surface area (Å²) in [5.41, 5.74) is 0. The van der Waals surface area contributed by atoms with Crippen molar-refractivity contribution in [1.29, 1.82) is 0 Å². The molecule has 1 fully saturated rings. The number of hydrogen-bond acceptors (Lipinski definition) is 4. The Bertz CT molecular complexity index is 621. The normalized spacial score (nSPS) is 17.3. The first-order valence-corrected chi connectivity index (χ1v) is 9.98. The monoisotopic (exact) mass is 361 g/mol. The molecule has 0 atom stereocenters. The van der Waals surface area contributed by atoms with Crippen molar-refractivity contribution in [1.82, 2.24) is 30.7 Å².